The number of benzene rings is 1. The van der Waals surface area contributed by atoms with Gasteiger partial charge in [-0.3, -0.25) is 0 Å². The summed E-state index contributed by atoms with van der Waals surface area (Å²) in [5, 5.41) is 0. The van der Waals surface area contributed by atoms with E-state index < -0.39 is 15.3 Å². The molecule has 3 unspecified atom stereocenters. The summed E-state index contributed by atoms with van der Waals surface area (Å²) in [6.45, 7) is 4.04. The Hall–Kier alpha value is -0.870. The molecular weight excluding hydrogens is 236 g/mol. The summed E-state index contributed by atoms with van der Waals surface area (Å²) in [5.41, 5.74) is -0.684. The molecule has 0 amide bonds. The average molecular weight is 254 g/mol. The lowest BCUT2D eigenvalue weighted by molar-refractivity contribution is -0.0306. The highest BCUT2D eigenvalue weighted by atomic mass is 32.2. The highest BCUT2D eigenvalue weighted by Gasteiger charge is 2.34. The smallest absolute Gasteiger partial charge is 0.205 e. The van der Waals surface area contributed by atoms with Crippen molar-refractivity contribution >= 4 is 9.84 Å². The first-order valence-corrected chi connectivity index (χ1v) is 7.51. The molecule has 0 saturated carbocycles. The third-order valence-electron chi connectivity index (χ3n) is 3.44. The number of ether oxygens (including phenoxy) is 1. The number of hydrogen-bond acceptors (Lipinski definition) is 3. The van der Waals surface area contributed by atoms with Crippen molar-refractivity contribution in [1.29, 1.82) is 0 Å². The Kier molecular flexibility index (Phi) is 3.54. The molecule has 3 atom stereocenters. The van der Waals surface area contributed by atoms with E-state index in [1.165, 1.54) is 0 Å². The van der Waals surface area contributed by atoms with E-state index >= 15 is 0 Å². The Morgan fingerprint density at radius 1 is 1.12 bits per heavy atom. The van der Waals surface area contributed by atoms with E-state index in [-0.39, 0.29) is 6.10 Å². The van der Waals surface area contributed by atoms with Crippen molar-refractivity contribution in [2.24, 2.45) is 5.92 Å². The van der Waals surface area contributed by atoms with Gasteiger partial charge in [0.05, 0.1) is 11.0 Å². The van der Waals surface area contributed by atoms with Crippen LogP contribution >= 0.6 is 0 Å². The van der Waals surface area contributed by atoms with Crippen molar-refractivity contribution in [1.82, 2.24) is 0 Å². The van der Waals surface area contributed by atoms with Crippen LogP contribution in [-0.2, 0) is 14.6 Å². The van der Waals surface area contributed by atoms with E-state index in [1.54, 1.807) is 24.3 Å². The van der Waals surface area contributed by atoms with Crippen LogP contribution in [0.4, 0.5) is 0 Å². The van der Waals surface area contributed by atoms with Gasteiger partial charge in [-0.2, -0.15) is 0 Å². The van der Waals surface area contributed by atoms with E-state index in [1.807, 2.05) is 13.0 Å². The Morgan fingerprint density at radius 2 is 1.76 bits per heavy atom. The Balaban J connectivity index is 2.23. The molecule has 2 rings (SSSR count). The van der Waals surface area contributed by atoms with Crippen molar-refractivity contribution in [2.75, 3.05) is 0 Å². The molecule has 0 aromatic heterocycles. The van der Waals surface area contributed by atoms with Gasteiger partial charge in [0.25, 0.3) is 0 Å². The summed E-state index contributed by atoms with van der Waals surface area (Å²) in [6, 6.07) is 8.54. The summed E-state index contributed by atoms with van der Waals surface area (Å²) in [4.78, 5) is 0.353. The maximum absolute atomic E-state index is 12.3. The van der Waals surface area contributed by atoms with Gasteiger partial charge in [0.2, 0.25) is 9.84 Å². The summed E-state index contributed by atoms with van der Waals surface area (Å²) in [5.74, 6) is 0.428. The first-order valence-electron chi connectivity index (χ1n) is 5.96. The van der Waals surface area contributed by atoms with Gasteiger partial charge in [0.1, 0.15) is 0 Å². The van der Waals surface area contributed by atoms with Gasteiger partial charge >= 0.3 is 0 Å². The van der Waals surface area contributed by atoms with Crippen LogP contribution in [0, 0.1) is 5.92 Å². The predicted molar refractivity (Wildman–Crippen MR) is 66.4 cm³/mol. The minimum Gasteiger partial charge on any atom is -0.359 e. The highest BCUT2D eigenvalue weighted by Crippen LogP contribution is 2.30. The average Bonchev–Trinajstić information content (AvgIpc) is 2.33. The van der Waals surface area contributed by atoms with Gasteiger partial charge in [-0.15, -0.1) is 0 Å². The fraction of sp³-hybridized carbons (Fsp3) is 0.538. The molecule has 1 aromatic rings. The lowest BCUT2D eigenvalue weighted by Gasteiger charge is -2.32. The molecule has 1 aliphatic heterocycles. The largest absolute Gasteiger partial charge is 0.359 e. The van der Waals surface area contributed by atoms with E-state index in [0.29, 0.717) is 17.2 Å². The van der Waals surface area contributed by atoms with Gasteiger partial charge in [0.15, 0.2) is 5.44 Å². The van der Waals surface area contributed by atoms with Crippen LogP contribution in [0.2, 0.25) is 0 Å². The van der Waals surface area contributed by atoms with Gasteiger partial charge in [0, 0.05) is 0 Å². The fourth-order valence-electron chi connectivity index (χ4n) is 2.07. The predicted octanol–water partition coefficient (Wildman–Crippen LogP) is 2.62. The summed E-state index contributed by atoms with van der Waals surface area (Å²) in [6.07, 6.45) is 1.49. The minimum absolute atomic E-state index is 0.00670. The Bertz CT molecular complexity index is 467. The van der Waals surface area contributed by atoms with E-state index in [4.69, 9.17) is 4.74 Å². The van der Waals surface area contributed by atoms with E-state index in [9.17, 15) is 8.42 Å². The van der Waals surface area contributed by atoms with Crippen molar-refractivity contribution in [3.05, 3.63) is 30.3 Å². The molecule has 1 heterocycles. The second-order valence-electron chi connectivity index (χ2n) is 4.68. The third-order valence-corrected chi connectivity index (χ3v) is 5.41. The van der Waals surface area contributed by atoms with Crippen LogP contribution in [0.5, 0.6) is 0 Å². The summed E-state index contributed by atoms with van der Waals surface area (Å²) in [7, 11) is -3.34. The zero-order valence-corrected chi connectivity index (χ0v) is 11.0. The fourth-order valence-corrected chi connectivity index (χ4v) is 3.67. The molecule has 1 aliphatic rings. The molecular formula is C13H18O3S. The Morgan fingerprint density at radius 3 is 2.35 bits per heavy atom. The van der Waals surface area contributed by atoms with Gasteiger partial charge in [-0.05, 0) is 37.8 Å². The molecule has 0 N–H and O–H groups in total. The molecule has 0 radical (unpaired) electrons. The van der Waals surface area contributed by atoms with Crippen molar-refractivity contribution in [3.8, 4) is 0 Å². The molecule has 0 bridgehead atoms. The molecule has 4 heteroatoms. The van der Waals surface area contributed by atoms with Crippen LogP contribution < -0.4 is 0 Å². The maximum Gasteiger partial charge on any atom is 0.205 e. The van der Waals surface area contributed by atoms with Crippen LogP contribution in [-0.4, -0.2) is 20.0 Å². The first kappa shape index (κ1) is 12.6. The summed E-state index contributed by atoms with van der Waals surface area (Å²) >= 11 is 0. The molecule has 0 spiro atoms. The number of sulfone groups is 1. The molecule has 94 valence electrons. The normalized spacial score (nSPS) is 30.1. The van der Waals surface area contributed by atoms with Crippen LogP contribution in [0.3, 0.4) is 0 Å². The molecule has 1 fully saturated rings. The van der Waals surface area contributed by atoms with Gasteiger partial charge in [-0.25, -0.2) is 8.42 Å². The van der Waals surface area contributed by atoms with Crippen LogP contribution in [0.15, 0.2) is 35.2 Å². The van der Waals surface area contributed by atoms with Crippen molar-refractivity contribution in [2.45, 2.75) is 43.1 Å². The first-order chi connectivity index (χ1) is 8.01. The second-order valence-corrected chi connectivity index (χ2v) is 6.77. The highest BCUT2D eigenvalue weighted by molar-refractivity contribution is 7.91. The standard InChI is InChI=1S/C13H18O3S/c1-10-8-9-13(16-11(10)2)17(14,15)12-6-4-3-5-7-12/h3-7,10-11,13H,8-9H2,1-2H3. The quantitative estimate of drug-likeness (QED) is 0.815. The zero-order chi connectivity index (χ0) is 12.5. The second kappa shape index (κ2) is 4.78. The van der Waals surface area contributed by atoms with Crippen molar-refractivity contribution < 1.29 is 13.2 Å². The molecule has 3 nitrogen and oxygen atoms in total. The molecule has 1 saturated heterocycles. The van der Waals surface area contributed by atoms with Crippen molar-refractivity contribution in [3.63, 3.8) is 0 Å². The summed E-state index contributed by atoms with van der Waals surface area (Å²) < 4.78 is 30.3. The molecule has 0 aliphatic carbocycles. The SMILES string of the molecule is CC1CCC(S(=O)(=O)c2ccccc2)OC1C. The minimum atomic E-state index is -3.34. The molecule has 1 aromatic carbocycles. The number of rotatable bonds is 2. The lowest BCUT2D eigenvalue weighted by atomic mass is 9.98. The molecule has 17 heavy (non-hydrogen) atoms. The Labute approximate surface area is 103 Å². The van der Waals surface area contributed by atoms with Gasteiger partial charge < -0.3 is 4.74 Å². The maximum atomic E-state index is 12.3. The third kappa shape index (κ3) is 2.53. The van der Waals surface area contributed by atoms with Crippen LogP contribution in [0.1, 0.15) is 26.7 Å². The monoisotopic (exact) mass is 254 g/mol. The lowest BCUT2D eigenvalue weighted by Crippen LogP contribution is -2.36. The topological polar surface area (TPSA) is 43.4 Å². The van der Waals surface area contributed by atoms with Gasteiger partial charge in [-0.1, -0.05) is 25.1 Å². The number of hydrogen-bond donors (Lipinski definition) is 0. The van der Waals surface area contributed by atoms with E-state index in [2.05, 4.69) is 6.92 Å². The van der Waals surface area contributed by atoms with E-state index in [0.717, 1.165) is 6.42 Å². The van der Waals surface area contributed by atoms with Crippen LogP contribution in [0.25, 0.3) is 0 Å². The zero-order valence-electron chi connectivity index (χ0n) is 10.2.